The number of rotatable bonds is 1. The molecule has 0 fully saturated rings. The van der Waals surface area contributed by atoms with E-state index in [0.29, 0.717) is 5.54 Å². The van der Waals surface area contributed by atoms with Crippen LogP contribution in [0.2, 0.25) is 6.55 Å². The minimum atomic E-state index is -1.88. The van der Waals surface area contributed by atoms with Crippen LogP contribution in [0.4, 0.5) is 5.69 Å². The van der Waals surface area contributed by atoms with E-state index in [2.05, 4.69) is 91.2 Å². The third kappa shape index (κ3) is 2.07. The monoisotopic (exact) mass is 341 g/mol. The first-order valence-corrected chi connectivity index (χ1v) is 11.7. The van der Waals surface area contributed by atoms with E-state index in [0.717, 1.165) is 13.1 Å². The molecular formula is C23H23NSi. The van der Waals surface area contributed by atoms with Gasteiger partial charge in [0, 0.05) is 24.3 Å². The summed E-state index contributed by atoms with van der Waals surface area (Å²) in [6, 6.07) is 27.5. The first kappa shape index (κ1) is 15.0. The fourth-order valence-corrected chi connectivity index (χ4v) is 9.72. The second kappa shape index (κ2) is 5.34. The SMILES string of the molecule is Cc1ccc2c(c1)[Si@](C)(c1ccccc1)C1CN2Cc2ccccc21. The van der Waals surface area contributed by atoms with Gasteiger partial charge in [-0.15, -0.1) is 0 Å². The van der Waals surface area contributed by atoms with Crippen molar-refractivity contribution in [1.29, 1.82) is 0 Å². The number of benzene rings is 3. The van der Waals surface area contributed by atoms with Gasteiger partial charge in [0.05, 0.1) is 0 Å². The Hall–Kier alpha value is -2.32. The highest BCUT2D eigenvalue weighted by Crippen LogP contribution is 2.41. The van der Waals surface area contributed by atoms with Gasteiger partial charge in [-0.2, -0.15) is 0 Å². The summed E-state index contributed by atoms with van der Waals surface area (Å²) in [5.41, 5.74) is 6.56. The van der Waals surface area contributed by atoms with Gasteiger partial charge in [0.15, 0.2) is 0 Å². The van der Waals surface area contributed by atoms with Crippen molar-refractivity contribution in [3.8, 4) is 0 Å². The lowest BCUT2D eigenvalue weighted by Crippen LogP contribution is -2.68. The van der Waals surface area contributed by atoms with E-state index in [9.17, 15) is 0 Å². The summed E-state index contributed by atoms with van der Waals surface area (Å²) in [6.07, 6.45) is 0. The maximum Gasteiger partial charge on any atom is 0.126 e. The molecule has 124 valence electrons. The second-order valence-electron chi connectivity index (χ2n) is 7.72. The summed E-state index contributed by atoms with van der Waals surface area (Å²) >= 11 is 0. The Labute approximate surface area is 150 Å². The molecular weight excluding hydrogens is 318 g/mol. The molecule has 2 bridgehead atoms. The van der Waals surface area contributed by atoms with E-state index in [1.54, 1.807) is 15.9 Å². The van der Waals surface area contributed by atoms with Crippen molar-refractivity contribution in [2.45, 2.75) is 25.6 Å². The Bertz CT molecular complexity index is 949. The first-order valence-electron chi connectivity index (χ1n) is 9.17. The van der Waals surface area contributed by atoms with E-state index in [1.165, 1.54) is 16.8 Å². The molecule has 0 saturated heterocycles. The predicted octanol–water partition coefficient (Wildman–Crippen LogP) is 3.84. The number of hydrogen-bond donors (Lipinski definition) is 0. The number of anilines is 1. The van der Waals surface area contributed by atoms with Gasteiger partial charge in [-0.25, -0.2) is 0 Å². The van der Waals surface area contributed by atoms with Crippen LogP contribution in [0.25, 0.3) is 0 Å². The van der Waals surface area contributed by atoms with Crippen molar-refractivity contribution in [2.24, 2.45) is 0 Å². The van der Waals surface area contributed by atoms with Gasteiger partial charge in [0.1, 0.15) is 8.07 Å². The maximum atomic E-state index is 2.61. The number of nitrogens with zero attached hydrogens (tertiary/aromatic N) is 1. The van der Waals surface area contributed by atoms with Gasteiger partial charge >= 0.3 is 0 Å². The van der Waals surface area contributed by atoms with Crippen LogP contribution in [0.5, 0.6) is 0 Å². The maximum absolute atomic E-state index is 2.61. The minimum absolute atomic E-state index is 0.620. The molecule has 5 rings (SSSR count). The van der Waals surface area contributed by atoms with Crippen LogP contribution in [0.15, 0.2) is 72.8 Å². The van der Waals surface area contributed by atoms with Crippen LogP contribution in [0.3, 0.4) is 0 Å². The highest BCUT2D eigenvalue weighted by molar-refractivity contribution is 7.03. The smallest absolute Gasteiger partial charge is 0.126 e. The summed E-state index contributed by atoms with van der Waals surface area (Å²) in [6.45, 7) is 7.02. The molecule has 0 aromatic heterocycles. The summed E-state index contributed by atoms with van der Waals surface area (Å²) < 4.78 is 0. The van der Waals surface area contributed by atoms with Gasteiger partial charge in [-0.3, -0.25) is 0 Å². The zero-order valence-electron chi connectivity index (χ0n) is 14.9. The topological polar surface area (TPSA) is 3.24 Å². The molecule has 0 saturated carbocycles. The van der Waals surface area contributed by atoms with Crippen molar-refractivity contribution < 1.29 is 0 Å². The summed E-state index contributed by atoms with van der Waals surface area (Å²) in [4.78, 5) is 2.61. The lowest BCUT2D eigenvalue weighted by Gasteiger charge is -2.51. The molecule has 0 aliphatic carbocycles. The van der Waals surface area contributed by atoms with Crippen molar-refractivity contribution in [2.75, 3.05) is 11.4 Å². The third-order valence-corrected chi connectivity index (χ3v) is 11.3. The average Bonchev–Trinajstić information content (AvgIpc) is 2.66. The fourth-order valence-electron chi connectivity index (χ4n) is 4.95. The zero-order chi connectivity index (χ0) is 17.0. The highest BCUT2D eigenvalue weighted by Gasteiger charge is 2.49. The quantitative estimate of drug-likeness (QED) is 0.608. The highest BCUT2D eigenvalue weighted by atomic mass is 28.3. The van der Waals surface area contributed by atoms with Crippen LogP contribution in [-0.2, 0) is 6.54 Å². The van der Waals surface area contributed by atoms with Gasteiger partial charge in [-0.1, -0.05) is 84.0 Å². The lowest BCUT2D eigenvalue weighted by atomic mass is 9.98. The molecule has 2 heterocycles. The van der Waals surface area contributed by atoms with Crippen molar-refractivity contribution in [3.05, 3.63) is 89.5 Å². The summed E-state index contributed by atoms with van der Waals surface area (Å²) in [5.74, 6) is 0. The summed E-state index contributed by atoms with van der Waals surface area (Å²) in [5, 5.41) is 3.17. The zero-order valence-corrected chi connectivity index (χ0v) is 15.9. The molecule has 3 aromatic rings. The third-order valence-electron chi connectivity index (χ3n) is 6.32. The van der Waals surface area contributed by atoms with Crippen molar-refractivity contribution in [3.63, 3.8) is 0 Å². The van der Waals surface area contributed by atoms with Crippen LogP contribution < -0.4 is 15.3 Å². The number of hydrogen-bond acceptors (Lipinski definition) is 1. The molecule has 2 heteroatoms. The average molecular weight is 342 g/mol. The van der Waals surface area contributed by atoms with Crippen LogP contribution >= 0.6 is 0 Å². The van der Waals surface area contributed by atoms with E-state index >= 15 is 0 Å². The Morgan fingerprint density at radius 3 is 2.52 bits per heavy atom. The van der Waals surface area contributed by atoms with Gasteiger partial charge in [0.2, 0.25) is 0 Å². The van der Waals surface area contributed by atoms with Crippen LogP contribution in [0.1, 0.15) is 22.2 Å². The van der Waals surface area contributed by atoms with Gasteiger partial charge in [-0.05, 0) is 29.3 Å². The fraction of sp³-hybridized carbons (Fsp3) is 0.217. The van der Waals surface area contributed by atoms with Crippen molar-refractivity contribution in [1.82, 2.24) is 0 Å². The number of aryl methyl sites for hydroxylation is 1. The molecule has 1 nitrogen and oxygen atoms in total. The lowest BCUT2D eigenvalue weighted by molar-refractivity contribution is 0.694. The Morgan fingerprint density at radius 1 is 0.920 bits per heavy atom. The molecule has 2 aliphatic heterocycles. The van der Waals surface area contributed by atoms with Gasteiger partial charge < -0.3 is 4.90 Å². The molecule has 0 radical (unpaired) electrons. The standard InChI is InChI=1S/C23H23NSi/c1-17-12-13-21-22(14-17)25(2,19-9-4-3-5-10-19)23-16-24(21)15-18-8-6-7-11-20(18)23/h3-14,23H,15-16H2,1-2H3/t23?,25-/m0/s1. The van der Waals surface area contributed by atoms with Crippen LogP contribution in [0, 0.1) is 6.92 Å². The molecule has 0 N–H and O–H groups in total. The van der Waals surface area contributed by atoms with E-state index in [-0.39, 0.29) is 0 Å². The first-order chi connectivity index (χ1) is 12.2. The largest absolute Gasteiger partial charge is 0.367 e. The minimum Gasteiger partial charge on any atom is -0.367 e. The Balaban J connectivity index is 1.83. The molecule has 25 heavy (non-hydrogen) atoms. The van der Waals surface area contributed by atoms with E-state index in [1.807, 2.05) is 0 Å². The predicted molar refractivity (Wildman–Crippen MR) is 109 cm³/mol. The van der Waals surface area contributed by atoms with Crippen molar-refractivity contribution >= 4 is 24.1 Å². The molecule has 1 unspecified atom stereocenters. The second-order valence-corrected chi connectivity index (χ2v) is 11.9. The summed E-state index contributed by atoms with van der Waals surface area (Å²) in [7, 11) is -1.88. The van der Waals surface area contributed by atoms with Crippen LogP contribution in [-0.4, -0.2) is 14.6 Å². The molecule has 3 aromatic carbocycles. The van der Waals surface area contributed by atoms with Gasteiger partial charge in [0.25, 0.3) is 0 Å². The molecule has 2 aliphatic rings. The van der Waals surface area contributed by atoms with E-state index < -0.39 is 8.07 Å². The molecule has 0 spiro atoms. The molecule has 0 amide bonds. The number of fused-ring (bicyclic) bond motifs is 6. The normalized spacial score (nSPS) is 23.8. The Kier molecular flexibility index (Phi) is 3.20. The Morgan fingerprint density at radius 2 is 1.68 bits per heavy atom. The molecule has 2 atom stereocenters. The van der Waals surface area contributed by atoms with E-state index in [4.69, 9.17) is 0 Å².